The van der Waals surface area contributed by atoms with E-state index < -0.39 is 5.60 Å². The van der Waals surface area contributed by atoms with E-state index in [1.54, 1.807) is 13.3 Å². The van der Waals surface area contributed by atoms with Gasteiger partial charge in [0, 0.05) is 11.8 Å². The summed E-state index contributed by atoms with van der Waals surface area (Å²) in [5, 5.41) is 0. The molecule has 0 saturated heterocycles. The molecule has 1 aromatic carbocycles. The van der Waals surface area contributed by atoms with Crippen molar-refractivity contribution in [2.45, 2.75) is 19.4 Å². The largest absolute Gasteiger partial charge is 0.497 e. The third-order valence-electron chi connectivity index (χ3n) is 3.82. The van der Waals surface area contributed by atoms with Crippen LogP contribution in [0, 0.1) is 0 Å². The van der Waals surface area contributed by atoms with Crippen molar-refractivity contribution in [2.75, 3.05) is 7.11 Å². The zero-order chi connectivity index (χ0) is 15.3. The molecule has 110 valence electrons. The number of benzene rings is 1. The van der Waals surface area contributed by atoms with Crippen LogP contribution < -0.4 is 9.47 Å². The number of rotatable bonds is 1. The minimum Gasteiger partial charge on any atom is -0.497 e. The van der Waals surface area contributed by atoms with Gasteiger partial charge >= 0.3 is 0 Å². The van der Waals surface area contributed by atoms with Crippen molar-refractivity contribution in [3.63, 3.8) is 0 Å². The van der Waals surface area contributed by atoms with E-state index in [2.05, 4.69) is 4.98 Å². The number of fused-ring (bicyclic) bond motifs is 4. The first-order valence-corrected chi connectivity index (χ1v) is 7.09. The van der Waals surface area contributed by atoms with Crippen LogP contribution in [0.4, 0.5) is 0 Å². The van der Waals surface area contributed by atoms with Crippen molar-refractivity contribution in [3.8, 4) is 22.8 Å². The maximum Gasteiger partial charge on any atom is 0.178 e. The topological polar surface area (TPSA) is 57.1 Å². The van der Waals surface area contributed by atoms with Crippen LogP contribution in [0.1, 0.15) is 19.5 Å². The number of hydrogen-bond donors (Lipinski definition) is 0. The first kappa shape index (κ1) is 13.0. The maximum atomic E-state index is 6.12. The molecule has 0 N–H and O–H groups in total. The third-order valence-corrected chi connectivity index (χ3v) is 3.82. The molecule has 0 aliphatic carbocycles. The molecule has 0 amide bonds. The van der Waals surface area contributed by atoms with Crippen LogP contribution >= 0.6 is 0 Å². The lowest BCUT2D eigenvalue weighted by molar-refractivity contribution is 0.100. The van der Waals surface area contributed by atoms with E-state index in [9.17, 15) is 0 Å². The van der Waals surface area contributed by atoms with E-state index >= 15 is 0 Å². The first-order chi connectivity index (χ1) is 10.6. The minimum atomic E-state index is -0.548. The van der Waals surface area contributed by atoms with E-state index in [-0.39, 0.29) is 0 Å². The van der Waals surface area contributed by atoms with Crippen LogP contribution in [0.3, 0.4) is 0 Å². The van der Waals surface area contributed by atoms with Crippen molar-refractivity contribution in [1.82, 2.24) is 15.0 Å². The average molecular weight is 293 g/mol. The predicted octanol–water partition coefficient (Wildman–Crippen LogP) is 3.33. The van der Waals surface area contributed by atoms with Crippen LogP contribution in [0.15, 0.2) is 36.5 Å². The van der Waals surface area contributed by atoms with Gasteiger partial charge in [0.25, 0.3) is 0 Å². The van der Waals surface area contributed by atoms with E-state index in [1.807, 2.05) is 44.2 Å². The molecule has 1 aliphatic rings. The molecule has 0 unspecified atom stereocenters. The Morgan fingerprint density at radius 1 is 1.14 bits per heavy atom. The average Bonchev–Trinajstić information content (AvgIpc) is 2.53. The van der Waals surface area contributed by atoms with Gasteiger partial charge in [-0.05, 0) is 44.2 Å². The zero-order valence-electron chi connectivity index (χ0n) is 12.6. The van der Waals surface area contributed by atoms with Gasteiger partial charge in [0.1, 0.15) is 34.0 Å². The first-order valence-electron chi connectivity index (χ1n) is 7.09. The lowest BCUT2D eigenvalue weighted by atomic mass is 9.94. The molecule has 0 saturated carbocycles. The molecule has 0 bridgehead atoms. The second-order valence-electron chi connectivity index (χ2n) is 5.74. The fourth-order valence-corrected chi connectivity index (χ4v) is 2.74. The SMILES string of the molecule is COc1ccc2c(c1)-c1nc3ncccc3nc1C(C)(C)O2. The van der Waals surface area contributed by atoms with E-state index in [0.717, 1.165) is 34.0 Å². The number of pyridine rings is 1. The van der Waals surface area contributed by atoms with Crippen molar-refractivity contribution < 1.29 is 9.47 Å². The zero-order valence-corrected chi connectivity index (χ0v) is 12.6. The molecule has 0 radical (unpaired) electrons. The molecule has 3 aromatic rings. The van der Waals surface area contributed by atoms with E-state index in [4.69, 9.17) is 19.4 Å². The summed E-state index contributed by atoms with van der Waals surface area (Å²) in [5.41, 5.74) is 3.35. The van der Waals surface area contributed by atoms with Crippen molar-refractivity contribution in [2.24, 2.45) is 0 Å². The van der Waals surface area contributed by atoms with Gasteiger partial charge in [-0.2, -0.15) is 0 Å². The summed E-state index contributed by atoms with van der Waals surface area (Å²) < 4.78 is 11.4. The Bertz CT molecular complexity index is 890. The van der Waals surface area contributed by atoms with Gasteiger partial charge < -0.3 is 9.47 Å². The summed E-state index contributed by atoms with van der Waals surface area (Å²) in [6, 6.07) is 9.48. The standard InChI is InChI=1S/C17H15N3O2/c1-17(2)15-14(20-16-12(19-15)5-4-8-18-16)11-9-10(21-3)6-7-13(11)22-17/h4-9H,1-3H3. The minimum absolute atomic E-state index is 0.548. The molecule has 5 nitrogen and oxygen atoms in total. The van der Waals surface area contributed by atoms with E-state index in [0.29, 0.717) is 5.65 Å². The van der Waals surface area contributed by atoms with Gasteiger partial charge in [-0.15, -0.1) is 0 Å². The Kier molecular flexibility index (Phi) is 2.60. The monoisotopic (exact) mass is 293 g/mol. The third kappa shape index (κ3) is 1.82. The van der Waals surface area contributed by atoms with Gasteiger partial charge in [0.05, 0.1) is 7.11 Å². The Balaban J connectivity index is 2.06. The Hall–Kier alpha value is -2.69. The van der Waals surface area contributed by atoms with Gasteiger partial charge in [0.15, 0.2) is 5.65 Å². The fourth-order valence-electron chi connectivity index (χ4n) is 2.74. The Morgan fingerprint density at radius 2 is 2.00 bits per heavy atom. The lowest BCUT2D eigenvalue weighted by Crippen LogP contribution is -2.31. The molecular formula is C17H15N3O2. The summed E-state index contributed by atoms with van der Waals surface area (Å²) in [4.78, 5) is 13.8. The normalized spacial score (nSPS) is 14.9. The Morgan fingerprint density at radius 3 is 2.82 bits per heavy atom. The highest BCUT2D eigenvalue weighted by Gasteiger charge is 2.36. The van der Waals surface area contributed by atoms with Gasteiger partial charge in [-0.3, -0.25) is 0 Å². The number of nitrogens with zero attached hydrogens (tertiary/aromatic N) is 3. The van der Waals surface area contributed by atoms with Crippen LogP contribution in [0.5, 0.6) is 11.5 Å². The van der Waals surface area contributed by atoms with Crippen molar-refractivity contribution in [1.29, 1.82) is 0 Å². The summed E-state index contributed by atoms with van der Waals surface area (Å²) in [6.07, 6.45) is 1.72. The molecule has 4 rings (SSSR count). The number of hydrogen-bond acceptors (Lipinski definition) is 5. The van der Waals surface area contributed by atoms with Gasteiger partial charge in [-0.25, -0.2) is 15.0 Å². The van der Waals surface area contributed by atoms with Gasteiger partial charge in [0.2, 0.25) is 0 Å². The van der Waals surface area contributed by atoms with E-state index in [1.165, 1.54) is 0 Å². The Labute approximate surface area is 128 Å². The molecule has 1 aliphatic heterocycles. The maximum absolute atomic E-state index is 6.12. The molecule has 3 heterocycles. The fraction of sp³-hybridized carbons (Fsp3) is 0.235. The molecular weight excluding hydrogens is 278 g/mol. The molecule has 0 fully saturated rings. The molecule has 5 heteroatoms. The molecule has 2 aromatic heterocycles. The summed E-state index contributed by atoms with van der Waals surface area (Å²) in [5.74, 6) is 1.54. The van der Waals surface area contributed by atoms with Gasteiger partial charge in [-0.1, -0.05) is 0 Å². The predicted molar refractivity (Wildman–Crippen MR) is 83.0 cm³/mol. The highest BCUT2D eigenvalue weighted by molar-refractivity contribution is 5.79. The number of ether oxygens (including phenoxy) is 2. The van der Waals surface area contributed by atoms with Crippen LogP contribution in [-0.2, 0) is 5.60 Å². The highest BCUT2D eigenvalue weighted by atomic mass is 16.5. The summed E-state index contributed by atoms with van der Waals surface area (Å²) in [6.45, 7) is 3.99. The molecule has 22 heavy (non-hydrogen) atoms. The van der Waals surface area contributed by atoms with Crippen molar-refractivity contribution in [3.05, 3.63) is 42.2 Å². The second-order valence-corrected chi connectivity index (χ2v) is 5.74. The van der Waals surface area contributed by atoms with Crippen LogP contribution in [-0.4, -0.2) is 22.1 Å². The number of methoxy groups -OCH3 is 1. The summed E-state index contributed by atoms with van der Waals surface area (Å²) >= 11 is 0. The van der Waals surface area contributed by atoms with Crippen LogP contribution in [0.2, 0.25) is 0 Å². The van der Waals surface area contributed by atoms with Crippen molar-refractivity contribution >= 4 is 11.2 Å². The highest BCUT2D eigenvalue weighted by Crippen LogP contribution is 2.44. The smallest absolute Gasteiger partial charge is 0.178 e. The van der Waals surface area contributed by atoms with Crippen LogP contribution in [0.25, 0.3) is 22.4 Å². The second kappa shape index (κ2) is 4.40. The molecule has 0 atom stereocenters. The summed E-state index contributed by atoms with van der Waals surface area (Å²) in [7, 11) is 1.64. The quantitative estimate of drug-likeness (QED) is 0.689. The molecule has 0 spiro atoms. The lowest BCUT2D eigenvalue weighted by Gasteiger charge is -2.33. The number of aromatic nitrogens is 3.